The molecule has 0 spiro atoms. The number of hydrogen-bond donors (Lipinski definition) is 1. The van der Waals surface area contributed by atoms with Gasteiger partial charge in [0.2, 0.25) is 0 Å². The first-order valence-corrected chi connectivity index (χ1v) is 8.75. The van der Waals surface area contributed by atoms with E-state index in [-0.39, 0.29) is 11.4 Å². The van der Waals surface area contributed by atoms with Crippen LogP contribution in [0.4, 0.5) is 5.69 Å². The largest absolute Gasteiger partial charge is 0.378 e. The summed E-state index contributed by atoms with van der Waals surface area (Å²) < 4.78 is 25.5. The maximum absolute atomic E-state index is 12.8. The molecule has 118 valence electrons. The van der Waals surface area contributed by atoms with Crippen LogP contribution in [0.25, 0.3) is 0 Å². The zero-order chi connectivity index (χ0) is 16.3. The van der Waals surface area contributed by atoms with Gasteiger partial charge in [-0.2, -0.15) is 0 Å². The third-order valence-corrected chi connectivity index (χ3v) is 5.91. The minimum Gasteiger partial charge on any atom is -0.378 e. The van der Waals surface area contributed by atoms with Crippen LogP contribution in [0.1, 0.15) is 10.8 Å². The van der Waals surface area contributed by atoms with Crippen LogP contribution >= 0.6 is 11.6 Å². The SMILES string of the molecule is CN(C)c1ccc([C@H](CN)S(=O)(=O)c2ccc(Cl)cc2)cc1. The van der Waals surface area contributed by atoms with Crippen molar-refractivity contribution < 1.29 is 8.42 Å². The topological polar surface area (TPSA) is 63.4 Å². The van der Waals surface area contributed by atoms with Crippen molar-refractivity contribution in [1.29, 1.82) is 0 Å². The van der Waals surface area contributed by atoms with Gasteiger partial charge in [-0.25, -0.2) is 8.42 Å². The maximum Gasteiger partial charge on any atom is 0.186 e. The molecule has 0 aromatic heterocycles. The minimum atomic E-state index is -3.55. The van der Waals surface area contributed by atoms with Crippen molar-refractivity contribution in [3.05, 3.63) is 59.1 Å². The summed E-state index contributed by atoms with van der Waals surface area (Å²) in [5.41, 5.74) is 7.43. The molecule has 2 aromatic rings. The van der Waals surface area contributed by atoms with Gasteiger partial charge in [0.05, 0.1) is 4.90 Å². The van der Waals surface area contributed by atoms with Gasteiger partial charge in [0.25, 0.3) is 0 Å². The molecular weight excluding hydrogens is 320 g/mol. The Hall–Kier alpha value is -1.56. The molecule has 0 unspecified atom stereocenters. The van der Waals surface area contributed by atoms with Crippen molar-refractivity contribution in [3.63, 3.8) is 0 Å². The summed E-state index contributed by atoms with van der Waals surface area (Å²) in [6.45, 7) is 0.0201. The highest BCUT2D eigenvalue weighted by atomic mass is 35.5. The van der Waals surface area contributed by atoms with E-state index in [0.717, 1.165) is 5.69 Å². The number of nitrogens with two attached hydrogens (primary N) is 1. The molecular formula is C16H19ClN2O2S. The Morgan fingerprint density at radius 2 is 1.59 bits per heavy atom. The minimum absolute atomic E-state index is 0.0201. The lowest BCUT2D eigenvalue weighted by molar-refractivity contribution is 0.582. The molecule has 1 atom stereocenters. The van der Waals surface area contributed by atoms with Gasteiger partial charge in [-0.1, -0.05) is 23.7 Å². The molecule has 0 aliphatic rings. The average molecular weight is 339 g/mol. The number of nitrogens with zero attached hydrogens (tertiary/aromatic N) is 1. The second-order valence-corrected chi connectivity index (χ2v) is 7.78. The first-order valence-electron chi connectivity index (χ1n) is 6.83. The number of benzene rings is 2. The smallest absolute Gasteiger partial charge is 0.186 e. The molecule has 0 radical (unpaired) electrons. The first-order chi connectivity index (χ1) is 10.4. The number of anilines is 1. The van der Waals surface area contributed by atoms with Crippen molar-refractivity contribution in [3.8, 4) is 0 Å². The molecule has 6 heteroatoms. The van der Waals surface area contributed by atoms with Gasteiger partial charge in [0, 0.05) is 31.4 Å². The van der Waals surface area contributed by atoms with Crippen LogP contribution < -0.4 is 10.6 Å². The van der Waals surface area contributed by atoms with E-state index in [0.29, 0.717) is 10.6 Å². The summed E-state index contributed by atoms with van der Waals surface area (Å²) >= 11 is 5.82. The van der Waals surface area contributed by atoms with Crippen molar-refractivity contribution in [2.75, 3.05) is 25.5 Å². The van der Waals surface area contributed by atoms with Crippen LogP contribution in [-0.4, -0.2) is 29.1 Å². The van der Waals surface area contributed by atoms with Gasteiger partial charge in [0.15, 0.2) is 9.84 Å². The van der Waals surface area contributed by atoms with Gasteiger partial charge < -0.3 is 10.6 Å². The molecule has 4 nitrogen and oxygen atoms in total. The first kappa shape index (κ1) is 16.8. The number of sulfone groups is 1. The van der Waals surface area contributed by atoms with E-state index >= 15 is 0 Å². The number of halogens is 1. The molecule has 0 bridgehead atoms. The fourth-order valence-corrected chi connectivity index (χ4v) is 3.96. The van der Waals surface area contributed by atoms with Crippen LogP contribution in [0.15, 0.2) is 53.4 Å². The van der Waals surface area contributed by atoms with E-state index < -0.39 is 15.1 Å². The van der Waals surface area contributed by atoms with Crippen LogP contribution in [0.3, 0.4) is 0 Å². The summed E-state index contributed by atoms with van der Waals surface area (Å²) in [6.07, 6.45) is 0. The lowest BCUT2D eigenvalue weighted by atomic mass is 10.1. The van der Waals surface area contributed by atoms with Crippen molar-refractivity contribution in [1.82, 2.24) is 0 Å². The van der Waals surface area contributed by atoms with E-state index in [1.807, 2.05) is 31.1 Å². The predicted molar refractivity (Wildman–Crippen MR) is 91.2 cm³/mol. The second kappa shape index (κ2) is 6.69. The molecule has 22 heavy (non-hydrogen) atoms. The van der Waals surface area contributed by atoms with Gasteiger partial charge in [-0.3, -0.25) is 0 Å². The van der Waals surface area contributed by atoms with Gasteiger partial charge >= 0.3 is 0 Å². The summed E-state index contributed by atoms with van der Waals surface area (Å²) in [5.74, 6) is 0. The third-order valence-electron chi connectivity index (χ3n) is 3.51. The molecule has 0 heterocycles. The monoisotopic (exact) mass is 338 g/mol. The summed E-state index contributed by atoms with van der Waals surface area (Å²) in [4.78, 5) is 2.18. The molecule has 0 aliphatic carbocycles. The zero-order valence-electron chi connectivity index (χ0n) is 12.5. The maximum atomic E-state index is 12.8. The Labute approximate surface area is 136 Å². The predicted octanol–water partition coefficient (Wildman–Crippen LogP) is 2.88. The van der Waals surface area contributed by atoms with Crippen molar-refractivity contribution in [2.45, 2.75) is 10.1 Å². The summed E-state index contributed by atoms with van der Waals surface area (Å²) in [5, 5.41) is -0.275. The van der Waals surface area contributed by atoms with Crippen LogP contribution in [0, 0.1) is 0 Å². The van der Waals surface area contributed by atoms with Crippen LogP contribution in [0.5, 0.6) is 0 Å². The number of rotatable bonds is 5. The van der Waals surface area contributed by atoms with Gasteiger partial charge in [-0.15, -0.1) is 0 Å². The zero-order valence-corrected chi connectivity index (χ0v) is 14.1. The van der Waals surface area contributed by atoms with E-state index in [4.69, 9.17) is 17.3 Å². The van der Waals surface area contributed by atoms with Crippen LogP contribution in [-0.2, 0) is 9.84 Å². The summed E-state index contributed by atoms with van der Waals surface area (Å²) in [6, 6.07) is 13.5. The third kappa shape index (κ3) is 3.43. The molecule has 0 fully saturated rings. The fourth-order valence-electron chi connectivity index (χ4n) is 2.22. The standard InChI is InChI=1S/C16H19ClN2O2S/c1-19(2)14-7-3-12(4-8-14)16(11-18)22(20,21)15-9-5-13(17)6-10-15/h3-10,16H,11,18H2,1-2H3/t16-/m0/s1. The molecule has 0 aliphatic heterocycles. The molecule has 0 saturated carbocycles. The molecule has 2 N–H and O–H groups in total. The Bertz CT molecular complexity index is 726. The highest BCUT2D eigenvalue weighted by Gasteiger charge is 2.27. The normalized spacial score (nSPS) is 12.9. The van der Waals surface area contributed by atoms with E-state index in [2.05, 4.69) is 0 Å². The van der Waals surface area contributed by atoms with Gasteiger partial charge in [-0.05, 0) is 42.0 Å². The molecule has 2 rings (SSSR count). The average Bonchev–Trinajstić information content (AvgIpc) is 2.48. The molecule has 0 saturated heterocycles. The van der Waals surface area contributed by atoms with Crippen LogP contribution in [0.2, 0.25) is 5.02 Å². The Morgan fingerprint density at radius 3 is 2.05 bits per heavy atom. The van der Waals surface area contributed by atoms with E-state index in [1.165, 1.54) is 12.1 Å². The van der Waals surface area contributed by atoms with E-state index in [9.17, 15) is 8.42 Å². The van der Waals surface area contributed by atoms with E-state index in [1.54, 1.807) is 24.3 Å². The summed E-state index contributed by atoms with van der Waals surface area (Å²) in [7, 11) is 0.310. The number of hydrogen-bond acceptors (Lipinski definition) is 4. The quantitative estimate of drug-likeness (QED) is 0.910. The Balaban J connectivity index is 2.40. The fraction of sp³-hybridized carbons (Fsp3) is 0.250. The second-order valence-electron chi connectivity index (χ2n) is 5.21. The van der Waals surface area contributed by atoms with Crippen molar-refractivity contribution >= 4 is 27.1 Å². The lowest BCUT2D eigenvalue weighted by Crippen LogP contribution is -2.22. The highest BCUT2D eigenvalue weighted by molar-refractivity contribution is 7.91. The highest BCUT2D eigenvalue weighted by Crippen LogP contribution is 2.29. The van der Waals surface area contributed by atoms with Crippen molar-refractivity contribution in [2.24, 2.45) is 5.73 Å². The molecule has 2 aromatic carbocycles. The Morgan fingerprint density at radius 1 is 1.05 bits per heavy atom. The Kier molecular flexibility index (Phi) is 5.11. The lowest BCUT2D eigenvalue weighted by Gasteiger charge is -2.18. The van der Waals surface area contributed by atoms with Gasteiger partial charge in [0.1, 0.15) is 5.25 Å². The molecule has 0 amide bonds.